The van der Waals surface area contributed by atoms with E-state index in [-0.39, 0.29) is 27.6 Å². The normalized spacial score (nSPS) is 12.7. The van der Waals surface area contributed by atoms with Crippen LogP contribution in [-0.2, 0) is 10.0 Å². The zero-order chi connectivity index (χ0) is 21.5. The molecule has 0 spiro atoms. The lowest BCUT2D eigenvalue weighted by molar-refractivity contribution is 0.102. The molecular weight excluding hydrogens is 411 g/mol. The second-order valence-corrected chi connectivity index (χ2v) is 8.32. The molecule has 0 bridgehead atoms. The number of sulfonamides is 1. The van der Waals surface area contributed by atoms with E-state index < -0.39 is 21.7 Å². The summed E-state index contributed by atoms with van der Waals surface area (Å²) < 4.78 is 52.4. The van der Waals surface area contributed by atoms with Crippen molar-refractivity contribution in [1.82, 2.24) is 0 Å². The van der Waals surface area contributed by atoms with E-state index in [1.54, 1.807) is 12.1 Å². The lowest BCUT2D eigenvalue weighted by Crippen LogP contribution is -2.16. The number of benzene rings is 3. The van der Waals surface area contributed by atoms with E-state index in [4.69, 9.17) is 9.47 Å². The highest BCUT2D eigenvalue weighted by molar-refractivity contribution is 7.92. The van der Waals surface area contributed by atoms with Crippen molar-refractivity contribution in [1.29, 1.82) is 0 Å². The molecule has 0 fully saturated rings. The second kappa shape index (κ2) is 7.34. The minimum Gasteiger partial charge on any atom is -0.495 e. The largest absolute Gasteiger partial charge is 0.495 e. The molecule has 0 aliphatic carbocycles. The Hall–Kier alpha value is -3.59. The van der Waals surface area contributed by atoms with Crippen LogP contribution in [0.5, 0.6) is 17.2 Å². The number of nitrogens with one attached hydrogen (secondary N) is 2. The summed E-state index contributed by atoms with van der Waals surface area (Å²) in [5.41, 5.74) is 1.72. The number of halogens is 1. The highest BCUT2D eigenvalue weighted by Gasteiger charge is 2.24. The molecule has 0 atom stereocenters. The van der Waals surface area contributed by atoms with Gasteiger partial charge in [-0.25, -0.2) is 12.8 Å². The highest BCUT2D eigenvalue weighted by atomic mass is 32.2. The molecule has 0 radical (unpaired) electrons. The third-order valence-electron chi connectivity index (χ3n) is 4.49. The van der Waals surface area contributed by atoms with Gasteiger partial charge in [0.05, 0.1) is 18.4 Å². The van der Waals surface area contributed by atoms with Crippen molar-refractivity contribution in [3.05, 3.63) is 71.5 Å². The molecule has 30 heavy (non-hydrogen) atoms. The molecule has 9 heteroatoms. The van der Waals surface area contributed by atoms with Gasteiger partial charge in [-0.2, -0.15) is 0 Å². The Bertz CT molecular complexity index is 1270. The first-order valence-corrected chi connectivity index (χ1v) is 10.4. The van der Waals surface area contributed by atoms with Crippen molar-refractivity contribution in [2.45, 2.75) is 11.8 Å². The number of carbonyl (C=O) groups is 1. The summed E-state index contributed by atoms with van der Waals surface area (Å²) in [5.74, 6) is -0.421. The molecule has 3 aromatic rings. The topological polar surface area (TPSA) is 93.7 Å². The van der Waals surface area contributed by atoms with Gasteiger partial charge in [-0.1, -0.05) is 6.07 Å². The Morgan fingerprint density at radius 1 is 1.03 bits per heavy atom. The lowest BCUT2D eigenvalue weighted by Gasteiger charge is -2.13. The van der Waals surface area contributed by atoms with Gasteiger partial charge in [0.25, 0.3) is 15.9 Å². The summed E-state index contributed by atoms with van der Waals surface area (Å²) in [6.45, 7) is 1.89. The molecule has 0 aromatic heterocycles. The first-order valence-electron chi connectivity index (χ1n) is 8.87. The van der Waals surface area contributed by atoms with Gasteiger partial charge in [0, 0.05) is 5.69 Å². The van der Waals surface area contributed by atoms with E-state index in [2.05, 4.69) is 10.0 Å². The number of methoxy groups -OCH3 is 1. The zero-order valence-corrected chi connectivity index (χ0v) is 16.8. The van der Waals surface area contributed by atoms with Crippen LogP contribution in [0, 0.1) is 12.7 Å². The van der Waals surface area contributed by atoms with Crippen LogP contribution in [0.1, 0.15) is 15.9 Å². The van der Waals surface area contributed by atoms with E-state index in [1.165, 1.54) is 31.4 Å². The number of hydrogen-bond acceptors (Lipinski definition) is 5. The molecule has 3 aromatic carbocycles. The van der Waals surface area contributed by atoms with Gasteiger partial charge in [0.15, 0.2) is 5.75 Å². The quantitative estimate of drug-likeness (QED) is 0.646. The van der Waals surface area contributed by atoms with Gasteiger partial charge >= 0.3 is 0 Å². The Kier molecular flexibility index (Phi) is 4.83. The van der Waals surface area contributed by atoms with Crippen molar-refractivity contribution >= 4 is 27.3 Å². The third kappa shape index (κ3) is 3.67. The van der Waals surface area contributed by atoms with Gasteiger partial charge in [-0.3, -0.25) is 9.52 Å². The summed E-state index contributed by atoms with van der Waals surface area (Å²) in [7, 11) is -2.89. The van der Waals surface area contributed by atoms with Gasteiger partial charge in [0.2, 0.25) is 0 Å². The standard InChI is InChI=1S/C21H17FN2O5S/c1-12-3-6-18-16(9-12)23-21(25)15-11-14(5-8-17(15)29-18)24-30(26,27)20-10-13(22)4-7-19(20)28-2/h3-11,24H,1-2H3,(H,23,25). The number of ether oxygens (including phenoxy) is 2. The highest BCUT2D eigenvalue weighted by Crippen LogP contribution is 2.37. The van der Waals surface area contributed by atoms with Gasteiger partial charge < -0.3 is 14.8 Å². The SMILES string of the molecule is COc1ccc(F)cc1S(=O)(=O)Nc1ccc2c(c1)C(=O)Nc1cc(C)ccc1O2. The van der Waals surface area contributed by atoms with Crippen LogP contribution in [0.2, 0.25) is 0 Å². The number of aryl methyl sites for hydroxylation is 1. The molecule has 1 aliphatic heterocycles. The average molecular weight is 428 g/mol. The molecule has 154 valence electrons. The Balaban J connectivity index is 1.69. The van der Waals surface area contributed by atoms with Gasteiger partial charge in [0.1, 0.15) is 22.2 Å². The minimum absolute atomic E-state index is 0.00874. The van der Waals surface area contributed by atoms with Crippen molar-refractivity contribution < 1.29 is 27.1 Å². The van der Waals surface area contributed by atoms with Gasteiger partial charge in [-0.05, 0) is 61.0 Å². The summed E-state index contributed by atoms with van der Waals surface area (Å²) in [6, 6.07) is 12.9. The number of fused-ring (bicyclic) bond motifs is 2. The van der Waals surface area contributed by atoms with Crippen LogP contribution in [-0.4, -0.2) is 21.4 Å². The van der Waals surface area contributed by atoms with Crippen LogP contribution in [0.3, 0.4) is 0 Å². The van der Waals surface area contributed by atoms with Crippen LogP contribution in [0.25, 0.3) is 0 Å². The van der Waals surface area contributed by atoms with Crippen molar-refractivity contribution in [3.63, 3.8) is 0 Å². The molecule has 0 unspecified atom stereocenters. The Labute approximate surface area is 172 Å². The maximum atomic E-state index is 13.6. The van der Waals surface area contributed by atoms with Crippen LogP contribution in [0.15, 0.2) is 59.5 Å². The average Bonchev–Trinajstić information content (AvgIpc) is 2.83. The maximum Gasteiger partial charge on any atom is 0.265 e. The summed E-state index contributed by atoms with van der Waals surface area (Å²) >= 11 is 0. The maximum absolute atomic E-state index is 13.6. The summed E-state index contributed by atoms with van der Waals surface area (Å²) in [4.78, 5) is 12.3. The van der Waals surface area contributed by atoms with Crippen LogP contribution in [0.4, 0.5) is 15.8 Å². The predicted molar refractivity (Wildman–Crippen MR) is 109 cm³/mol. The van der Waals surface area contributed by atoms with E-state index in [9.17, 15) is 17.6 Å². The number of amides is 1. The number of carbonyl (C=O) groups excluding carboxylic acids is 1. The van der Waals surface area contributed by atoms with E-state index >= 15 is 0 Å². The Morgan fingerprint density at radius 2 is 1.80 bits per heavy atom. The predicted octanol–water partition coefficient (Wildman–Crippen LogP) is 4.30. The van der Waals surface area contributed by atoms with Crippen LogP contribution < -0.4 is 19.5 Å². The molecule has 0 saturated heterocycles. The van der Waals surface area contributed by atoms with Crippen LogP contribution >= 0.6 is 0 Å². The van der Waals surface area contributed by atoms with Crippen molar-refractivity contribution in [2.24, 2.45) is 0 Å². The van der Waals surface area contributed by atoms with Crippen molar-refractivity contribution in [3.8, 4) is 17.2 Å². The second-order valence-electron chi connectivity index (χ2n) is 6.67. The van der Waals surface area contributed by atoms with Crippen molar-refractivity contribution in [2.75, 3.05) is 17.1 Å². The number of anilines is 2. The summed E-state index contributed by atoms with van der Waals surface area (Å²) in [5, 5.41) is 2.76. The monoisotopic (exact) mass is 428 g/mol. The van der Waals surface area contributed by atoms with E-state index in [0.29, 0.717) is 11.4 Å². The lowest BCUT2D eigenvalue weighted by atomic mass is 10.1. The molecule has 1 aliphatic rings. The van der Waals surface area contributed by atoms with E-state index in [1.807, 2.05) is 13.0 Å². The molecular formula is C21H17FN2O5S. The molecule has 4 rings (SSSR count). The minimum atomic E-state index is -4.18. The third-order valence-corrected chi connectivity index (χ3v) is 5.90. The first kappa shape index (κ1) is 19.7. The van der Waals surface area contributed by atoms with Gasteiger partial charge in [-0.15, -0.1) is 0 Å². The fourth-order valence-electron chi connectivity index (χ4n) is 3.07. The first-order chi connectivity index (χ1) is 14.3. The number of rotatable bonds is 4. The molecule has 1 amide bonds. The smallest absolute Gasteiger partial charge is 0.265 e. The summed E-state index contributed by atoms with van der Waals surface area (Å²) in [6.07, 6.45) is 0. The molecule has 0 saturated carbocycles. The van der Waals surface area contributed by atoms with E-state index in [0.717, 1.165) is 17.7 Å². The molecule has 2 N–H and O–H groups in total. The fraction of sp³-hybridized carbons (Fsp3) is 0.0952. The molecule has 1 heterocycles. The number of hydrogen-bond donors (Lipinski definition) is 2. The fourth-order valence-corrected chi connectivity index (χ4v) is 4.30. The Morgan fingerprint density at radius 3 is 2.57 bits per heavy atom. The zero-order valence-electron chi connectivity index (χ0n) is 16.0. The molecule has 7 nitrogen and oxygen atoms in total.